The van der Waals surface area contributed by atoms with E-state index in [1.165, 1.54) is 0 Å². The van der Waals surface area contributed by atoms with Gasteiger partial charge in [-0.1, -0.05) is 6.92 Å². The van der Waals surface area contributed by atoms with Gasteiger partial charge in [0.15, 0.2) is 5.65 Å². The Bertz CT molecular complexity index is 613. The summed E-state index contributed by atoms with van der Waals surface area (Å²) in [5.74, 6) is 1.36. The average molecular weight is 273 g/mol. The molecular weight excluding hydrogens is 254 g/mol. The second-order valence-corrected chi connectivity index (χ2v) is 4.75. The molecule has 0 fully saturated rings. The number of fused-ring (bicyclic) bond motifs is 1. The zero-order chi connectivity index (χ0) is 14.5. The summed E-state index contributed by atoms with van der Waals surface area (Å²) in [7, 11) is 1.93. The molecule has 0 aromatic carbocycles. The average Bonchev–Trinajstić information content (AvgIpc) is 2.91. The fourth-order valence-electron chi connectivity index (χ4n) is 1.88. The van der Waals surface area contributed by atoms with Crippen LogP contribution in [0.15, 0.2) is 6.20 Å². The van der Waals surface area contributed by atoms with Crippen molar-refractivity contribution < 1.29 is 0 Å². The van der Waals surface area contributed by atoms with E-state index in [1.807, 2.05) is 18.9 Å². The van der Waals surface area contributed by atoms with E-state index in [-0.39, 0.29) is 6.04 Å². The van der Waals surface area contributed by atoms with Crippen molar-refractivity contribution in [3.05, 3.63) is 6.20 Å². The molecule has 0 aliphatic heterocycles. The summed E-state index contributed by atoms with van der Waals surface area (Å²) in [6.45, 7) is 4.90. The molecule has 7 heteroatoms. The van der Waals surface area contributed by atoms with Crippen molar-refractivity contribution in [2.24, 2.45) is 0 Å². The molecule has 0 aliphatic rings. The van der Waals surface area contributed by atoms with Crippen LogP contribution in [0, 0.1) is 11.3 Å². The first-order valence-electron chi connectivity index (χ1n) is 6.72. The maximum Gasteiger partial charge on any atom is 0.226 e. The standard InChI is InChI=1S/C13H19N7/c1-4-7-15-13-17-11-10(8-16-19-11)12(18-13)20(3)9(2)5-6-14/h8-9H,4-5,7H2,1-3H3,(H2,15,16,17,18,19). The van der Waals surface area contributed by atoms with Gasteiger partial charge in [0, 0.05) is 19.6 Å². The summed E-state index contributed by atoms with van der Waals surface area (Å²) >= 11 is 0. The molecule has 20 heavy (non-hydrogen) atoms. The highest BCUT2D eigenvalue weighted by Gasteiger charge is 2.17. The van der Waals surface area contributed by atoms with Crippen molar-refractivity contribution in [1.29, 1.82) is 5.26 Å². The largest absolute Gasteiger partial charge is 0.355 e. The Balaban J connectivity index is 2.39. The van der Waals surface area contributed by atoms with E-state index in [4.69, 9.17) is 5.26 Å². The van der Waals surface area contributed by atoms with Gasteiger partial charge in [-0.3, -0.25) is 5.10 Å². The summed E-state index contributed by atoms with van der Waals surface area (Å²) in [6, 6.07) is 2.26. The molecule has 7 nitrogen and oxygen atoms in total. The number of anilines is 2. The van der Waals surface area contributed by atoms with Crippen LogP contribution in [-0.2, 0) is 0 Å². The van der Waals surface area contributed by atoms with Gasteiger partial charge in [0.1, 0.15) is 5.82 Å². The molecule has 0 bridgehead atoms. The molecular formula is C13H19N7. The van der Waals surface area contributed by atoms with E-state index in [0.717, 1.165) is 24.2 Å². The second-order valence-electron chi connectivity index (χ2n) is 4.75. The van der Waals surface area contributed by atoms with Crippen LogP contribution in [0.5, 0.6) is 0 Å². The van der Waals surface area contributed by atoms with E-state index in [9.17, 15) is 0 Å². The maximum absolute atomic E-state index is 8.84. The Morgan fingerprint density at radius 3 is 3.00 bits per heavy atom. The number of nitrogens with zero attached hydrogens (tertiary/aromatic N) is 5. The Kier molecular flexibility index (Phi) is 4.35. The summed E-state index contributed by atoms with van der Waals surface area (Å²) in [5.41, 5.74) is 0.699. The number of H-pyrrole nitrogens is 1. The summed E-state index contributed by atoms with van der Waals surface area (Å²) in [4.78, 5) is 10.9. The van der Waals surface area contributed by atoms with Crippen molar-refractivity contribution in [2.75, 3.05) is 23.8 Å². The van der Waals surface area contributed by atoms with Crippen LogP contribution in [0.1, 0.15) is 26.7 Å². The fourth-order valence-corrected chi connectivity index (χ4v) is 1.88. The van der Waals surface area contributed by atoms with Gasteiger partial charge in [0.05, 0.1) is 24.1 Å². The zero-order valence-electron chi connectivity index (χ0n) is 12.0. The number of hydrogen-bond acceptors (Lipinski definition) is 6. The molecule has 106 valence electrons. The third-order valence-electron chi connectivity index (χ3n) is 3.20. The highest BCUT2D eigenvalue weighted by molar-refractivity contribution is 5.87. The minimum absolute atomic E-state index is 0.0759. The van der Waals surface area contributed by atoms with E-state index < -0.39 is 0 Å². The molecule has 0 saturated carbocycles. The second kappa shape index (κ2) is 6.19. The minimum Gasteiger partial charge on any atom is -0.355 e. The van der Waals surface area contributed by atoms with E-state index in [2.05, 4.69) is 38.5 Å². The molecule has 2 aromatic heterocycles. The number of aromatic nitrogens is 4. The van der Waals surface area contributed by atoms with Crippen molar-refractivity contribution in [3.8, 4) is 6.07 Å². The van der Waals surface area contributed by atoms with Crippen molar-refractivity contribution in [1.82, 2.24) is 20.2 Å². The number of nitrogens with one attached hydrogen (secondary N) is 2. The smallest absolute Gasteiger partial charge is 0.226 e. The number of aromatic amines is 1. The van der Waals surface area contributed by atoms with Gasteiger partial charge in [-0.15, -0.1) is 0 Å². The van der Waals surface area contributed by atoms with Gasteiger partial charge in [0.25, 0.3) is 0 Å². The SMILES string of the molecule is CCCNc1nc(N(C)C(C)CC#N)c2cn[nH]c2n1. The lowest BCUT2D eigenvalue weighted by molar-refractivity contribution is 0.696. The zero-order valence-corrected chi connectivity index (χ0v) is 12.0. The van der Waals surface area contributed by atoms with Crippen molar-refractivity contribution >= 4 is 22.8 Å². The van der Waals surface area contributed by atoms with Crippen LogP contribution in [0.2, 0.25) is 0 Å². The molecule has 2 heterocycles. The molecule has 2 N–H and O–H groups in total. The minimum atomic E-state index is 0.0759. The van der Waals surface area contributed by atoms with Gasteiger partial charge in [0.2, 0.25) is 5.95 Å². The highest BCUT2D eigenvalue weighted by Crippen LogP contribution is 2.24. The Morgan fingerprint density at radius 1 is 1.50 bits per heavy atom. The fraction of sp³-hybridized carbons (Fsp3) is 0.538. The predicted octanol–water partition coefficient (Wildman–Crippen LogP) is 1.91. The number of nitriles is 1. The van der Waals surface area contributed by atoms with Crippen LogP contribution in [0.4, 0.5) is 11.8 Å². The van der Waals surface area contributed by atoms with E-state index in [0.29, 0.717) is 18.0 Å². The van der Waals surface area contributed by atoms with Gasteiger partial charge >= 0.3 is 0 Å². The Hall–Kier alpha value is -2.36. The van der Waals surface area contributed by atoms with E-state index in [1.54, 1.807) is 6.20 Å². The van der Waals surface area contributed by atoms with Crippen LogP contribution in [0.25, 0.3) is 11.0 Å². The molecule has 0 amide bonds. The Morgan fingerprint density at radius 2 is 2.30 bits per heavy atom. The molecule has 1 unspecified atom stereocenters. The monoisotopic (exact) mass is 273 g/mol. The highest BCUT2D eigenvalue weighted by atomic mass is 15.3. The summed E-state index contributed by atoms with van der Waals surface area (Å²) in [6.07, 6.45) is 3.15. The molecule has 2 rings (SSSR count). The summed E-state index contributed by atoms with van der Waals surface area (Å²) < 4.78 is 0. The molecule has 0 spiro atoms. The van der Waals surface area contributed by atoms with Crippen molar-refractivity contribution in [3.63, 3.8) is 0 Å². The quantitative estimate of drug-likeness (QED) is 0.835. The molecule has 2 aromatic rings. The van der Waals surface area contributed by atoms with Gasteiger partial charge < -0.3 is 10.2 Å². The molecule has 0 saturated heterocycles. The lowest BCUT2D eigenvalue weighted by Gasteiger charge is -2.24. The molecule has 0 radical (unpaired) electrons. The predicted molar refractivity (Wildman–Crippen MR) is 78.6 cm³/mol. The lowest BCUT2D eigenvalue weighted by Crippen LogP contribution is -2.29. The number of rotatable bonds is 6. The number of hydrogen-bond donors (Lipinski definition) is 2. The van der Waals surface area contributed by atoms with Gasteiger partial charge in [-0.05, 0) is 13.3 Å². The van der Waals surface area contributed by atoms with Gasteiger partial charge in [-0.25, -0.2) is 0 Å². The maximum atomic E-state index is 8.84. The van der Waals surface area contributed by atoms with Crippen molar-refractivity contribution in [2.45, 2.75) is 32.7 Å². The van der Waals surface area contributed by atoms with Crippen LogP contribution in [0.3, 0.4) is 0 Å². The van der Waals surface area contributed by atoms with Crippen LogP contribution in [-0.4, -0.2) is 39.8 Å². The van der Waals surface area contributed by atoms with Crippen LogP contribution < -0.4 is 10.2 Å². The first-order valence-corrected chi connectivity index (χ1v) is 6.72. The first kappa shape index (κ1) is 14.1. The van der Waals surface area contributed by atoms with Gasteiger partial charge in [-0.2, -0.15) is 20.3 Å². The normalized spacial score (nSPS) is 12.1. The lowest BCUT2D eigenvalue weighted by atomic mass is 10.2. The summed E-state index contributed by atoms with van der Waals surface area (Å²) in [5, 5.41) is 19.8. The Labute approximate surface area is 118 Å². The first-order chi connectivity index (χ1) is 9.67. The van der Waals surface area contributed by atoms with Crippen LogP contribution >= 0.6 is 0 Å². The topological polar surface area (TPSA) is 93.5 Å². The third kappa shape index (κ3) is 2.79. The molecule has 1 atom stereocenters. The third-order valence-corrected chi connectivity index (χ3v) is 3.20. The molecule has 0 aliphatic carbocycles. The van der Waals surface area contributed by atoms with E-state index >= 15 is 0 Å².